The van der Waals surface area contributed by atoms with Gasteiger partial charge in [0.05, 0.1) is 0 Å². The van der Waals surface area contributed by atoms with Crippen LogP contribution in [0.3, 0.4) is 0 Å². The van der Waals surface area contributed by atoms with Gasteiger partial charge in [-0.1, -0.05) is 11.6 Å². The Balaban J connectivity index is 1.75. The molecule has 1 unspecified atom stereocenters. The Bertz CT molecular complexity index is 340. The van der Waals surface area contributed by atoms with E-state index in [-0.39, 0.29) is 0 Å². The summed E-state index contributed by atoms with van der Waals surface area (Å²) in [6, 6.07) is 0.666. The molecule has 1 saturated heterocycles. The van der Waals surface area contributed by atoms with Crippen LogP contribution in [0.1, 0.15) is 20.3 Å². The molecule has 5 heteroatoms. The lowest BCUT2D eigenvalue weighted by Crippen LogP contribution is -2.29. The van der Waals surface area contributed by atoms with Crippen molar-refractivity contribution in [2.24, 2.45) is 5.92 Å². The van der Waals surface area contributed by atoms with Gasteiger partial charge in [0.2, 0.25) is 0 Å². The smallest absolute Gasteiger partial charge is 0.184 e. The molecule has 2 heterocycles. The zero-order chi connectivity index (χ0) is 11.5. The van der Waals surface area contributed by atoms with Crippen molar-refractivity contribution in [2.45, 2.75) is 26.3 Å². The van der Waals surface area contributed by atoms with E-state index in [0.29, 0.717) is 11.2 Å². The van der Waals surface area contributed by atoms with Crippen molar-refractivity contribution in [1.82, 2.24) is 9.88 Å². The maximum Gasteiger partial charge on any atom is 0.184 e. The Morgan fingerprint density at radius 3 is 3.06 bits per heavy atom. The molecular formula is C11H18ClN3S. The topological polar surface area (TPSA) is 28.2 Å². The second-order valence-corrected chi connectivity index (χ2v) is 5.85. The molecule has 0 bridgehead atoms. The van der Waals surface area contributed by atoms with Crippen LogP contribution in [0, 0.1) is 5.92 Å². The molecule has 0 aliphatic carbocycles. The van der Waals surface area contributed by atoms with E-state index in [1.54, 1.807) is 11.3 Å². The second kappa shape index (κ2) is 5.34. The predicted octanol–water partition coefficient (Wildman–Crippen LogP) is 2.94. The lowest BCUT2D eigenvalue weighted by molar-refractivity contribution is 0.266. The van der Waals surface area contributed by atoms with Crippen LogP contribution in [-0.4, -0.2) is 35.6 Å². The number of thiazole rings is 1. The summed E-state index contributed by atoms with van der Waals surface area (Å²) in [6.07, 6.45) is 1.28. The van der Waals surface area contributed by atoms with Crippen molar-refractivity contribution in [2.75, 3.05) is 25.0 Å². The monoisotopic (exact) mass is 259 g/mol. The van der Waals surface area contributed by atoms with Crippen LogP contribution in [0.2, 0.25) is 5.15 Å². The Morgan fingerprint density at radius 2 is 2.50 bits per heavy atom. The fraction of sp³-hybridized carbons (Fsp3) is 0.727. The highest BCUT2D eigenvalue weighted by molar-refractivity contribution is 7.14. The molecule has 3 nitrogen and oxygen atoms in total. The van der Waals surface area contributed by atoms with Crippen molar-refractivity contribution >= 4 is 28.1 Å². The summed E-state index contributed by atoms with van der Waals surface area (Å²) in [4.78, 5) is 6.71. The number of likely N-dealkylation sites (tertiary alicyclic amines) is 1. The highest BCUT2D eigenvalue weighted by atomic mass is 35.5. The van der Waals surface area contributed by atoms with E-state index in [0.717, 1.165) is 17.6 Å². The van der Waals surface area contributed by atoms with Crippen molar-refractivity contribution in [3.05, 3.63) is 10.5 Å². The van der Waals surface area contributed by atoms with E-state index in [1.807, 2.05) is 5.38 Å². The Hall–Kier alpha value is -0.320. The van der Waals surface area contributed by atoms with E-state index in [1.165, 1.54) is 19.5 Å². The molecule has 1 aliphatic heterocycles. The minimum atomic E-state index is 0.586. The maximum absolute atomic E-state index is 5.77. The number of nitrogens with one attached hydrogen (secondary N) is 1. The minimum Gasteiger partial charge on any atom is -0.361 e. The first-order chi connectivity index (χ1) is 7.65. The van der Waals surface area contributed by atoms with Gasteiger partial charge in [0, 0.05) is 24.5 Å². The number of aromatic nitrogens is 1. The summed E-state index contributed by atoms with van der Waals surface area (Å²) < 4.78 is 0. The predicted molar refractivity (Wildman–Crippen MR) is 70.4 cm³/mol. The van der Waals surface area contributed by atoms with Gasteiger partial charge in [-0.25, -0.2) is 4.98 Å². The molecule has 1 N–H and O–H groups in total. The fourth-order valence-electron chi connectivity index (χ4n) is 2.07. The molecule has 1 aliphatic rings. The largest absolute Gasteiger partial charge is 0.361 e. The molecule has 0 radical (unpaired) electrons. The van der Waals surface area contributed by atoms with Crippen molar-refractivity contribution in [3.63, 3.8) is 0 Å². The third-order valence-corrected chi connectivity index (χ3v) is 4.19. The van der Waals surface area contributed by atoms with Crippen LogP contribution in [0.25, 0.3) is 0 Å². The average molecular weight is 260 g/mol. The van der Waals surface area contributed by atoms with Gasteiger partial charge in [-0.15, -0.1) is 11.3 Å². The Morgan fingerprint density at radius 1 is 1.69 bits per heavy atom. The molecular weight excluding hydrogens is 242 g/mol. The van der Waals surface area contributed by atoms with E-state index >= 15 is 0 Å². The number of hydrogen-bond acceptors (Lipinski definition) is 4. The zero-order valence-corrected chi connectivity index (χ0v) is 11.3. The fourth-order valence-corrected chi connectivity index (χ4v) is 2.91. The zero-order valence-electron chi connectivity index (χ0n) is 9.74. The van der Waals surface area contributed by atoms with Crippen LogP contribution in [0.4, 0.5) is 5.13 Å². The molecule has 1 aromatic heterocycles. The summed E-state index contributed by atoms with van der Waals surface area (Å²) in [7, 11) is 0. The van der Waals surface area contributed by atoms with Gasteiger partial charge in [-0.05, 0) is 32.7 Å². The summed E-state index contributed by atoms with van der Waals surface area (Å²) >= 11 is 7.34. The minimum absolute atomic E-state index is 0.586. The molecule has 1 aromatic rings. The van der Waals surface area contributed by atoms with E-state index in [9.17, 15) is 0 Å². The molecule has 1 atom stereocenters. The van der Waals surface area contributed by atoms with Crippen molar-refractivity contribution in [1.29, 1.82) is 0 Å². The normalized spacial score (nSPS) is 21.9. The molecule has 0 spiro atoms. The number of rotatable bonds is 4. The number of halogens is 1. The van der Waals surface area contributed by atoms with Gasteiger partial charge in [0.1, 0.15) is 5.15 Å². The first-order valence-corrected chi connectivity index (χ1v) is 7.00. The van der Waals surface area contributed by atoms with Crippen LogP contribution in [-0.2, 0) is 0 Å². The molecule has 16 heavy (non-hydrogen) atoms. The van der Waals surface area contributed by atoms with Crippen LogP contribution in [0.5, 0.6) is 0 Å². The van der Waals surface area contributed by atoms with Crippen LogP contribution in [0.15, 0.2) is 5.38 Å². The van der Waals surface area contributed by atoms with Gasteiger partial charge in [0.25, 0.3) is 0 Å². The SMILES string of the molecule is CC(C)N1CCC(CNc2nc(Cl)cs2)C1. The summed E-state index contributed by atoms with van der Waals surface area (Å²) in [6.45, 7) is 7.95. The Kier molecular flexibility index (Phi) is 4.05. The third kappa shape index (κ3) is 3.09. The lowest BCUT2D eigenvalue weighted by Gasteiger charge is -2.20. The molecule has 0 saturated carbocycles. The molecule has 90 valence electrons. The quantitative estimate of drug-likeness (QED) is 0.901. The van der Waals surface area contributed by atoms with E-state index < -0.39 is 0 Å². The highest BCUT2D eigenvalue weighted by Gasteiger charge is 2.23. The molecule has 2 rings (SSSR count). The van der Waals surface area contributed by atoms with Crippen molar-refractivity contribution < 1.29 is 0 Å². The van der Waals surface area contributed by atoms with Gasteiger partial charge in [-0.3, -0.25) is 0 Å². The Labute approximate surface area is 106 Å². The van der Waals surface area contributed by atoms with Gasteiger partial charge < -0.3 is 10.2 Å². The summed E-state index contributed by atoms with van der Waals surface area (Å²) in [5.74, 6) is 0.741. The first-order valence-electron chi connectivity index (χ1n) is 5.74. The number of nitrogens with zero attached hydrogens (tertiary/aromatic N) is 2. The van der Waals surface area contributed by atoms with E-state index in [2.05, 4.69) is 29.0 Å². The molecule has 0 aromatic carbocycles. The number of anilines is 1. The molecule has 0 amide bonds. The first kappa shape index (κ1) is 12.1. The third-order valence-electron chi connectivity index (χ3n) is 3.07. The standard InChI is InChI=1S/C11H18ClN3S/c1-8(2)15-4-3-9(6-15)5-13-11-14-10(12)7-16-11/h7-9H,3-6H2,1-2H3,(H,13,14). The highest BCUT2D eigenvalue weighted by Crippen LogP contribution is 2.22. The van der Waals surface area contributed by atoms with Crippen LogP contribution < -0.4 is 5.32 Å². The molecule has 1 fully saturated rings. The summed E-state index contributed by atoms with van der Waals surface area (Å²) in [5.41, 5.74) is 0. The maximum atomic E-state index is 5.77. The van der Waals surface area contributed by atoms with Crippen LogP contribution >= 0.6 is 22.9 Å². The average Bonchev–Trinajstić information content (AvgIpc) is 2.83. The van der Waals surface area contributed by atoms with Gasteiger partial charge in [-0.2, -0.15) is 0 Å². The summed E-state index contributed by atoms with van der Waals surface area (Å²) in [5, 5.41) is 6.75. The second-order valence-electron chi connectivity index (χ2n) is 4.60. The lowest BCUT2D eigenvalue weighted by atomic mass is 10.1. The number of hydrogen-bond donors (Lipinski definition) is 1. The van der Waals surface area contributed by atoms with Gasteiger partial charge in [0.15, 0.2) is 5.13 Å². The van der Waals surface area contributed by atoms with E-state index in [4.69, 9.17) is 11.6 Å². The van der Waals surface area contributed by atoms with Gasteiger partial charge >= 0.3 is 0 Å². The van der Waals surface area contributed by atoms with Crippen molar-refractivity contribution in [3.8, 4) is 0 Å².